The molecular weight excluding hydrogens is 184 g/mol. The molecule has 0 amide bonds. The maximum atomic E-state index is 3.83. The van der Waals surface area contributed by atoms with Gasteiger partial charge in [-0.2, -0.15) is 5.10 Å². The number of allylic oxidation sites excluding steroid dienone is 2. The first kappa shape index (κ1) is 23.6. The highest BCUT2D eigenvalue weighted by atomic mass is 15.4. The predicted octanol–water partition coefficient (Wildman–Crippen LogP) is 4.70. The van der Waals surface area contributed by atoms with E-state index in [1.807, 2.05) is 67.7 Å². The lowest BCUT2D eigenvalue weighted by molar-refractivity contribution is 0.494. The van der Waals surface area contributed by atoms with E-state index >= 15 is 0 Å². The lowest BCUT2D eigenvalue weighted by Gasteiger charge is -2.01. The molecule has 15 heavy (non-hydrogen) atoms. The van der Waals surface area contributed by atoms with Gasteiger partial charge in [-0.1, -0.05) is 46.4 Å². The third-order valence-corrected chi connectivity index (χ3v) is 0.895. The summed E-state index contributed by atoms with van der Waals surface area (Å²) in [4.78, 5) is 0. The summed E-state index contributed by atoms with van der Waals surface area (Å²) in [5.74, 6) is 0. The third-order valence-electron chi connectivity index (χ3n) is 0.895. The Kier molecular flexibility index (Phi) is 60.3. The van der Waals surface area contributed by atoms with E-state index in [1.165, 1.54) is 0 Å². The zero-order valence-corrected chi connectivity index (χ0v) is 11.9. The summed E-state index contributed by atoms with van der Waals surface area (Å²) in [6.45, 7) is 17.4. The Bertz CT molecular complexity index is 122. The number of hydrogen-bond donors (Lipinski definition) is 0. The monoisotopic (exact) mass is 214 g/mol. The molecule has 0 saturated heterocycles. The molecule has 0 aromatic rings. The van der Waals surface area contributed by atoms with Crippen molar-refractivity contribution in [2.75, 3.05) is 7.05 Å². The highest BCUT2D eigenvalue weighted by molar-refractivity contribution is 5.52. The van der Waals surface area contributed by atoms with Crippen LogP contribution in [0.15, 0.2) is 30.0 Å². The van der Waals surface area contributed by atoms with E-state index in [4.69, 9.17) is 0 Å². The Hall–Kier alpha value is -1.05. The zero-order valence-electron chi connectivity index (χ0n) is 11.9. The Morgan fingerprint density at radius 1 is 0.933 bits per heavy atom. The lowest BCUT2D eigenvalue weighted by Crippen LogP contribution is -1.98. The van der Waals surface area contributed by atoms with Crippen molar-refractivity contribution in [1.29, 1.82) is 0 Å². The highest BCUT2D eigenvalue weighted by Gasteiger charge is 1.72. The minimum Gasteiger partial charge on any atom is -0.277 e. The number of hydrazone groups is 1. The van der Waals surface area contributed by atoms with Crippen LogP contribution in [0.5, 0.6) is 0 Å². The maximum Gasteiger partial charge on any atom is 0.0296 e. The number of rotatable bonds is 2. The summed E-state index contributed by atoms with van der Waals surface area (Å²) in [7, 11) is 1.83. The molecule has 0 saturated carbocycles. The Morgan fingerprint density at radius 3 is 1.33 bits per heavy atom. The van der Waals surface area contributed by atoms with Crippen molar-refractivity contribution in [3.63, 3.8) is 0 Å². The van der Waals surface area contributed by atoms with Crippen molar-refractivity contribution in [2.45, 2.75) is 48.5 Å². The maximum absolute atomic E-state index is 3.83. The Morgan fingerprint density at radius 2 is 1.27 bits per heavy atom. The molecule has 0 heterocycles. The molecule has 0 fully saturated rings. The van der Waals surface area contributed by atoms with Gasteiger partial charge in [0.1, 0.15) is 0 Å². The van der Waals surface area contributed by atoms with Gasteiger partial charge in [0.15, 0.2) is 0 Å². The van der Waals surface area contributed by atoms with Crippen LogP contribution in [0.4, 0.5) is 0 Å². The summed E-state index contributed by atoms with van der Waals surface area (Å²) >= 11 is 0. The van der Waals surface area contributed by atoms with Crippen molar-refractivity contribution in [3.8, 4) is 0 Å². The van der Waals surface area contributed by atoms with E-state index in [9.17, 15) is 0 Å². The van der Waals surface area contributed by atoms with Crippen molar-refractivity contribution in [1.82, 2.24) is 5.01 Å². The number of nitrogens with zero attached hydrogens (tertiary/aromatic N) is 2. The van der Waals surface area contributed by atoms with Crippen LogP contribution in [0.1, 0.15) is 48.5 Å². The van der Waals surface area contributed by atoms with E-state index in [-0.39, 0.29) is 0 Å². The summed E-state index contributed by atoms with van der Waals surface area (Å²) in [6.07, 6.45) is 7.35. The molecule has 0 atom stereocenters. The molecule has 2 heteroatoms. The second-order valence-electron chi connectivity index (χ2n) is 1.80. The van der Waals surface area contributed by atoms with Gasteiger partial charge >= 0.3 is 0 Å². The summed E-state index contributed by atoms with van der Waals surface area (Å²) in [5, 5.41) is 5.47. The van der Waals surface area contributed by atoms with Gasteiger partial charge in [0, 0.05) is 19.5 Å². The van der Waals surface area contributed by atoms with Gasteiger partial charge in [-0.3, -0.25) is 5.01 Å². The molecule has 0 N–H and O–H groups in total. The van der Waals surface area contributed by atoms with Gasteiger partial charge in [0.2, 0.25) is 0 Å². The van der Waals surface area contributed by atoms with Crippen LogP contribution >= 0.6 is 0 Å². The molecule has 0 aromatic carbocycles. The fourth-order valence-electron chi connectivity index (χ4n) is 0.229. The standard InChI is InChI=1S/C5H10N2.C4H8.2C2H6/c1-4-6-7(3)5-2;1-3-4-2;2*1-2/h4-5H,2H2,1,3H3;3-4H,1-2H3;2*1-2H3/b6-4-;4-3-;;. The first-order chi connectivity index (χ1) is 7.22. The second kappa shape index (κ2) is 38.3. The minimum atomic E-state index is 1.64. The van der Waals surface area contributed by atoms with E-state index in [1.54, 1.807) is 17.4 Å². The van der Waals surface area contributed by atoms with Crippen LogP contribution in [0.25, 0.3) is 0 Å². The topological polar surface area (TPSA) is 15.6 Å². The van der Waals surface area contributed by atoms with Crippen molar-refractivity contribution >= 4 is 6.21 Å². The molecule has 0 unspecified atom stereocenters. The van der Waals surface area contributed by atoms with Crippen LogP contribution in [0.3, 0.4) is 0 Å². The molecule has 92 valence electrons. The minimum absolute atomic E-state index is 1.64. The molecule has 0 radical (unpaired) electrons. The van der Waals surface area contributed by atoms with Crippen LogP contribution in [-0.2, 0) is 0 Å². The second-order valence-corrected chi connectivity index (χ2v) is 1.80. The highest BCUT2D eigenvalue weighted by Crippen LogP contribution is 1.77. The van der Waals surface area contributed by atoms with Crippen LogP contribution < -0.4 is 0 Å². The van der Waals surface area contributed by atoms with Crippen LogP contribution in [-0.4, -0.2) is 18.3 Å². The molecule has 0 aliphatic rings. The van der Waals surface area contributed by atoms with Crippen LogP contribution in [0, 0.1) is 0 Å². The first-order valence-corrected chi connectivity index (χ1v) is 5.64. The molecule has 0 aromatic heterocycles. The van der Waals surface area contributed by atoms with Crippen molar-refractivity contribution in [3.05, 3.63) is 24.9 Å². The average molecular weight is 214 g/mol. The average Bonchev–Trinajstić information content (AvgIpc) is 2.34. The third kappa shape index (κ3) is 63.4. The summed E-state index contributed by atoms with van der Waals surface area (Å²) in [6, 6.07) is 0. The smallest absolute Gasteiger partial charge is 0.0296 e. The molecule has 0 aliphatic heterocycles. The molecule has 0 aliphatic carbocycles. The SMILES string of the molecule is C/C=C\C.C=CN(C)/N=C\C.CC.CC. The number of hydrogen-bond acceptors (Lipinski definition) is 2. The molecule has 2 nitrogen and oxygen atoms in total. The van der Waals surface area contributed by atoms with Gasteiger partial charge in [-0.05, 0) is 20.8 Å². The van der Waals surface area contributed by atoms with Gasteiger partial charge in [0.05, 0.1) is 0 Å². The molecule has 0 bridgehead atoms. The zero-order chi connectivity index (χ0) is 13.1. The quantitative estimate of drug-likeness (QED) is 0.369. The van der Waals surface area contributed by atoms with E-state index in [0.717, 1.165) is 0 Å². The van der Waals surface area contributed by atoms with Gasteiger partial charge in [-0.15, -0.1) is 0 Å². The summed E-state index contributed by atoms with van der Waals surface area (Å²) < 4.78 is 0. The van der Waals surface area contributed by atoms with Gasteiger partial charge in [-0.25, -0.2) is 0 Å². The normalized spacial score (nSPS) is 7.73. The fraction of sp³-hybridized carbons (Fsp3) is 0.615. The predicted molar refractivity (Wildman–Crippen MR) is 75.3 cm³/mol. The largest absolute Gasteiger partial charge is 0.277 e. The van der Waals surface area contributed by atoms with E-state index in [0.29, 0.717) is 0 Å². The van der Waals surface area contributed by atoms with Crippen molar-refractivity contribution in [2.24, 2.45) is 5.10 Å². The van der Waals surface area contributed by atoms with Crippen LogP contribution in [0.2, 0.25) is 0 Å². The molecular formula is C13H30N2. The molecule has 0 spiro atoms. The Balaban J connectivity index is -0.0000000647. The van der Waals surface area contributed by atoms with Gasteiger partial charge < -0.3 is 0 Å². The van der Waals surface area contributed by atoms with Crippen molar-refractivity contribution < 1.29 is 0 Å². The lowest BCUT2D eigenvalue weighted by atomic mass is 10.6. The Labute approximate surface area is 97.4 Å². The summed E-state index contributed by atoms with van der Waals surface area (Å²) in [5.41, 5.74) is 0. The van der Waals surface area contributed by atoms with Gasteiger partial charge in [0.25, 0.3) is 0 Å². The first-order valence-electron chi connectivity index (χ1n) is 5.64. The van der Waals surface area contributed by atoms with E-state index < -0.39 is 0 Å². The fourth-order valence-corrected chi connectivity index (χ4v) is 0.229. The van der Waals surface area contributed by atoms with E-state index in [2.05, 4.69) is 11.7 Å². The molecule has 0 rings (SSSR count).